The van der Waals surface area contributed by atoms with Gasteiger partial charge in [-0.1, -0.05) is 74.0 Å². The number of ether oxygens (including phenoxy) is 1. The summed E-state index contributed by atoms with van der Waals surface area (Å²) >= 11 is 2.05. The van der Waals surface area contributed by atoms with Crippen LogP contribution in [-0.4, -0.2) is 58.5 Å². The molecule has 0 aliphatic carbocycles. The van der Waals surface area contributed by atoms with Crippen LogP contribution in [0.2, 0.25) is 0 Å². The number of imidazole rings is 1. The Balaban J connectivity index is 1.63. The normalized spacial score (nSPS) is 12.6. The summed E-state index contributed by atoms with van der Waals surface area (Å²) in [5.74, 6) is 0.416. The van der Waals surface area contributed by atoms with E-state index in [1.807, 2.05) is 30.5 Å². The second-order valence-corrected chi connectivity index (χ2v) is 15.0. The maximum atomic E-state index is 11.8. The lowest BCUT2D eigenvalue weighted by molar-refractivity contribution is -0.120. The Morgan fingerprint density at radius 3 is 2.51 bits per heavy atom. The Hall–Kier alpha value is -2.97. The summed E-state index contributed by atoms with van der Waals surface area (Å²) in [5.41, 5.74) is 9.45. The van der Waals surface area contributed by atoms with Crippen LogP contribution in [0.3, 0.4) is 0 Å². The van der Waals surface area contributed by atoms with Crippen molar-refractivity contribution in [2.45, 2.75) is 84.2 Å². The Kier molecular flexibility index (Phi) is 11.8. The number of nitrogens with one attached hydrogen (secondary N) is 1. The van der Waals surface area contributed by atoms with Gasteiger partial charge in [-0.05, 0) is 56.2 Å². The monoisotopic (exact) mass is 781 g/mol. The molecule has 0 saturated carbocycles. The first kappa shape index (κ1) is 36.9. The number of phosphoric ester groups is 1. The average molecular weight is 782 g/mol. The predicted molar refractivity (Wildman–Crippen MR) is 192 cm³/mol. The van der Waals surface area contributed by atoms with Crippen molar-refractivity contribution in [3.05, 3.63) is 53.3 Å². The van der Waals surface area contributed by atoms with Gasteiger partial charge in [-0.2, -0.15) is 0 Å². The number of phenols is 1. The van der Waals surface area contributed by atoms with Crippen molar-refractivity contribution in [1.29, 1.82) is 0 Å². The quantitative estimate of drug-likeness (QED) is 0.0384. The molecule has 0 unspecified atom stereocenters. The average Bonchev–Trinajstić information content (AvgIpc) is 3.35. The van der Waals surface area contributed by atoms with Crippen LogP contribution in [0.5, 0.6) is 11.5 Å². The molecule has 0 bridgehead atoms. The Morgan fingerprint density at radius 2 is 1.83 bits per heavy atom. The number of phosphoric acid groups is 1. The fourth-order valence-electron chi connectivity index (χ4n) is 5.52. The number of nitrogens with zero attached hydrogens (tertiary/aromatic N) is 3. The zero-order valence-electron chi connectivity index (χ0n) is 27.5. The van der Waals surface area contributed by atoms with E-state index in [-0.39, 0.29) is 34.9 Å². The maximum absolute atomic E-state index is 11.8. The van der Waals surface area contributed by atoms with E-state index in [1.165, 1.54) is 6.07 Å². The Bertz CT molecular complexity index is 1790. The van der Waals surface area contributed by atoms with E-state index in [9.17, 15) is 24.3 Å². The predicted octanol–water partition coefficient (Wildman–Crippen LogP) is 6.14. The first-order valence-corrected chi connectivity index (χ1v) is 18.7. The molecule has 0 atom stereocenters. The van der Waals surface area contributed by atoms with Crippen LogP contribution in [0.1, 0.15) is 77.3 Å². The van der Waals surface area contributed by atoms with Crippen molar-refractivity contribution in [1.82, 2.24) is 19.9 Å². The Morgan fingerprint density at radius 1 is 1.11 bits per heavy atom. The number of nitrogens with two attached hydrogens (primary N) is 1. The number of para-hydroxylation sites is 1. The number of aryl methyl sites for hydroxylation is 1. The highest BCUT2D eigenvalue weighted by atomic mass is 127. The molecule has 256 valence electrons. The van der Waals surface area contributed by atoms with Crippen molar-refractivity contribution < 1.29 is 33.5 Å². The van der Waals surface area contributed by atoms with Crippen molar-refractivity contribution in [2.24, 2.45) is 0 Å². The van der Waals surface area contributed by atoms with Crippen molar-refractivity contribution in [3.8, 4) is 11.5 Å². The van der Waals surface area contributed by atoms with E-state index in [0.717, 1.165) is 41.6 Å². The Labute approximate surface area is 288 Å². The minimum Gasteiger partial charge on any atom is -0.504 e. The summed E-state index contributed by atoms with van der Waals surface area (Å²) in [6.07, 6.45) is 3.97. The van der Waals surface area contributed by atoms with E-state index in [2.05, 4.69) is 54.7 Å². The van der Waals surface area contributed by atoms with Crippen LogP contribution in [0, 0.1) is 0 Å². The topological polar surface area (TPSA) is 182 Å². The van der Waals surface area contributed by atoms with Gasteiger partial charge in [0.05, 0.1) is 22.0 Å². The van der Waals surface area contributed by atoms with Gasteiger partial charge in [-0.25, -0.2) is 14.5 Å². The summed E-state index contributed by atoms with van der Waals surface area (Å²) < 4.78 is 24.6. The number of hydrogen-bond donors (Lipinski definition) is 5. The molecule has 0 fully saturated rings. The van der Waals surface area contributed by atoms with Crippen LogP contribution >= 0.6 is 30.4 Å². The number of rotatable bonds is 16. The number of halogens is 1. The summed E-state index contributed by atoms with van der Waals surface area (Å²) in [4.78, 5) is 40.0. The van der Waals surface area contributed by atoms with E-state index in [4.69, 9.17) is 25.0 Å². The standard InChI is InChI=1S/C33H45IN5O7P/c1-6-7-11-26-37-28-29(39(26)20-21-9-8-10-25(30(21)41)46-47(42,43)44)23-13-12-22(18-24(23)36-31(28)35)32(2,3)14-16-45-17-15-33(4,5)38-27(40)19-34/h8-10,12-13,18,41H,6-7,11,14-17,19-20H2,1-5H3,(H2,35,36)(H,38,40)(H2,42,43,44). The number of amides is 1. The van der Waals surface area contributed by atoms with Gasteiger partial charge in [-0.3, -0.25) is 14.6 Å². The molecule has 0 aliphatic rings. The summed E-state index contributed by atoms with van der Waals surface area (Å²) in [6, 6.07) is 10.7. The minimum absolute atomic E-state index is 0.0138. The van der Waals surface area contributed by atoms with E-state index < -0.39 is 7.82 Å². The number of phenolic OH excluding ortho intramolecular Hbond substituents is 1. The van der Waals surface area contributed by atoms with Crippen molar-refractivity contribution >= 4 is 64.1 Å². The fourth-order valence-corrected chi connectivity index (χ4v) is 6.11. The number of fused-ring (bicyclic) bond motifs is 3. The number of pyridine rings is 1. The zero-order chi connectivity index (χ0) is 34.6. The van der Waals surface area contributed by atoms with Crippen molar-refractivity contribution in [3.63, 3.8) is 0 Å². The number of hydrogen-bond acceptors (Lipinski definition) is 8. The van der Waals surface area contributed by atoms with E-state index in [1.54, 1.807) is 12.1 Å². The molecule has 6 N–H and O–H groups in total. The van der Waals surface area contributed by atoms with Gasteiger partial charge >= 0.3 is 7.82 Å². The molecule has 4 rings (SSSR count). The fraction of sp³-hybridized carbons (Fsp3) is 0.485. The summed E-state index contributed by atoms with van der Waals surface area (Å²) in [7, 11) is -4.88. The highest BCUT2D eigenvalue weighted by molar-refractivity contribution is 14.1. The van der Waals surface area contributed by atoms with Gasteiger partial charge in [0.15, 0.2) is 17.3 Å². The number of nitrogen functional groups attached to an aromatic ring is 1. The molecule has 0 aliphatic heterocycles. The third kappa shape index (κ3) is 9.35. The third-order valence-electron chi connectivity index (χ3n) is 8.29. The number of aromatic nitrogens is 3. The van der Waals surface area contributed by atoms with E-state index >= 15 is 0 Å². The molecule has 1 amide bonds. The van der Waals surface area contributed by atoms with Crippen LogP contribution in [0.4, 0.5) is 5.82 Å². The number of aromatic hydroxyl groups is 1. The SMILES string of the molecule is CCCCc1nc2c(N)nc3cc(C(C)(C)CCOCCC(C)(C)NC(=O)CI)ccc3c2n1Cc1cccc(OP(=O)(O)O)c1O. The molecule has 2 aromatic heterocycles. The summed E-state index contributed by atoms with van der Waals surface area (Å²) in [6.45, 7) is 11.7. The lowest BCUT2D eigenvalue weighted by Gasteiger charge is -2.27. The second-order valence-electron chi connectivity index (χ2n) is 13.1. The molecular formula is C33H45IN5O7P. The molecule has 0 spiro atoms. The number of carbonyl (C=O) groups is 1. The first-order chi connectivity index (χ1) is 22.0. The first-order valence-electron chi connectivity index (χ1n) is 15.6. The maximum Gasteiger partial charge on any atom is 0.524 e. The molecule has 47 heavy (non-hydrogen) atoms. The lowest BCUT2D eigenvalue weighted by atomic mass is 9.81. The number of alkyl halides is 1. The number of benzene rings is 2. The lowest BCUT2D eigenvalue weighted by Crippen LogP contribution is -2.44. The van der Waals surface area contributed by atoms with Crippen LogP contribution in [0.15, 0.2) is 36.4 Å². The number of unbranched alkanes of at least 4 members (excludes halogenated alkanes) is 1. The second kappa shape index (κ2) is 15.1. The molecule has 0 saturated heterocycles. The highest BCUT2D eigenvalue weighted by Gasteiger charge is 2.25. The molecule has 14 heteroatoms. The van der Waals surface area contributed by atoms with Gasteiger partial charge in [0, 0.05) is 36.1 Å². The number of carbonyl (C=O) groups excluding carboxylic acids is 1. The van der Waals surface area contributed by atoms with Crippen LogP contribution in [-0.2, 0) is 32.5 Å². The molecule has 0 radical (unpaired) electrons. The van der Waals surface area contributed by atoms with Gasteiger partial charge in [0.25, 0.3) is 0 Å². The zero-order valence-corrected chi connectivity index (χ0v) is 30.6. The van der Waals surface area contributed by atoms with Gasteiger partial charge in [0.1, 0.15) is 11.3 Å². The van der Waals surface area contributed by atoms with E-state index in [0.29, 0.717) is 52.9 Å². The van der Waals surface area contributed by atoms with Crippen LogP contribution < -0.4 is 15.6 Å². The van der Waals surface area contributed by atoms with Gasteiger partial charge in [-0.15, -0.1) is 0 Å². The molecule has 12 nitrogen and oxygen atoms in total. The molecular weight excluding hydrogens is 736 g/mol. The molecule has 2 aromatic carbocycles. The minimum atomic E-state index is -4.88. The third-order valence-corrected chi connectivity index (χ3v) is 9.42. The van der Waals surface area contributed by atoms with Gasteiger partial charge < -0.3 is 30.0 Å². The summed E-state index contributed by atoms with van der Waals surface area (Å²) in [5, 5.41) is 14.8. The van der Waals surface area contributed by atoms with Gasteiger partial charge in [0.2, 0.25) is 5.91 Å². The van der Waals surface area contributed by atoms with Crippen molar-refractivity contribution in [2.75, 3.05) is 23.4 Å². The smallest absolute Gasteiger partial charge is 0.504 e. The number of anilines is 1. The largest absolute Gasteiger partial charge is 0.524 e. The molecule has 2 heterocycles. The van der Waals surface area contributed by atoms with Crippen LogP contribution in [0.25, 0.3) is 21.9 Å². The molecule has 4 aromatic rings. The highest BCUT2D eigenvalue weighted by Crippen LogP contribution is 2.43.